The summed E-state index contributed by atoms with van der Waals surface area (Å²) in [5.74, 6) is -0.0784. The first kappa shape index (κ1) is 20.0. The van der Waals surface area contributed by atoms with Crippen LogP contribution in [-0.2, 0) is 4.74 Å². The molecule has 0 saturated carbocycles. The lowest BCUT2D eigenvalue weighted by atomic mass is 10.2. The number of esters is 1. The highest BCUT2D eigenvalue weighted by Crippen LogP contribution is 2.18. The second kappa shape index (κ2) is 9.45. The number of hydrogen-bond donors (Lipinski definition) is 1. The summed E-state index contributed by atoms with van der Waals surface area (Å²) in [7, 11) is 0. The largest absolute Gasteiger partial charge is 0.462 e. The van der Waals surface area contributed by atoms with Gasteiger partial charge in [-0.15, -0.1) is 0 Å². The van der Waals surface area contributed by atoms with E-state index < -0.39 is 0 Å². The predicted molar refractivity (Wildman–Crippen MR) is 112 cm³/mol. The van der Waals surface area contributed by atoms with Crippen molar-refractivity contribution in [2.45, 2.75) is 13.8 Å². The van der Waals surface area contributed by atoms with Gasteiger partial charge < -0.3 is 15.0 Å². The number of carbonyl (C=O) groups is 2. The van der Waals surface area contributed by atoms with Crippen molar-refractivity contribution >= 4 is 29.1 Å². The molecule has 3 rings (SSSR count). The molecule has 0 aliphatic carbocycles. The van der Waals surface area contributed by atoms with Crippen molar-refractivity contribution in [2.24, 2.45) is 0 Å². The van der Waals surface area contributed by atoms with Crippen LogP contribution in [0.25, 0.3) is 0 Å². The third-order valence-corrected chi connectivity index (χ3v) is 4.17. The molecule has 0 atom stereocenters. The number of aromatic nitrogens is 2. The van der Waals surface area contributed by atoms with Gasteiger partial charge in [0.2, 0.25) is 0 Å². The molecule has 0 saturated heterocycles. The Hall–Kier alpha value is -3.74. The zero-order valence-corrected chi connectivity index (χ0v) is 16.3. The van der Waals surface area contributed by atoms with Gasteiger partial charge in [-0.05, 0) is 50.2 Å². The molecule has 1 heterocycles. The number of para-hydroxylation sites is 1. The average Bonchev–Trinajstić information content (AvgIpc) is 2.76. The van der Waals surface area contributed by atoms with Crippen LogP contribution in [0.15, 0.2) is 67.0 Å². The molecular formula is C22H22N4O3. The second-order valence-corrected chi connectivity index (χ2v) is 6.09. The molecule has 29 heavy (non-hydrogen) atoms. The first-order chi connectivity index (χ1) is 14.1. The number of nitrogens with zero attached hydrogens (tertiary/aromatic N) is 3. The van der Waals surface area contributed by atoms with Gasteiger partial charge in [-0.2, -0.15) is 0 Å². The predicted octanol–water partition coefficient (Wildman–Crippen LogP) is 4.06. The molecule has 0 unspecified atom stereocenters. The lowest BCUT2D eigenvalue weighted by Gasteiger charge is -2.20. The number of carbonyl (C=O) groups excluding carboxylic acids is 2. The summed E-state index contributed by atoms with van der Waals surface area (Å²) >= 11 is 0. The van der Waals surface area contributed by atoms with Crippen molar-refractivity contribution in [1.82, 2.24) is 9.97 Å². The van der Waals surface area contributed by atoms with E-state index in [2.05, 4.69) is 15.3 Å². The van der Waals surface area contributed by atoms with Crippen LogP contribution in [0.1, 0.15) is 34.7 Å². The molecule has 2 aromatic carbocycles. The van der Waals surface area contributed by atoms with Crippen LogP contribution in [0.5, 0.6) is 0 Å². The van der Waals surface area contributed by atoms with Crippen molar-refractivity contribution in [3.05, 3.63) is 78.2 Å². The number of benzene rings is 2. The average molecular weight is 390 g/mol. The molecule has 1 N–H and O–H groups in total. The molecule has 7 heteroatoms. The van der Waals surface area contributed by atoms with E-state index in [-0.39, 0.29) is 17.6 Å². The van der Waals surface area contributed by atoms with Gasteiger partial charge in [0, 0.05) is 17.9 Å². The maximum Gasteiger partial charge on any atom is 0.338 e. The molecule has 0 aliphatic rings. The van der Waals surface area contributed by atoms with E-state index in [1.807, 2.05) is 37.3 Å². The molecule has 0 fully saturated rings. The maximum atomic E-state index is 12.8. The number of anilines is 3. The number of ether oxygens (including phenoxy) is 1. The van der Waals surface area contributed by atoms with Gasteiger partial charge in [0.1, 0.15) is 11.5 Å². The molecule has 148 valence electrons. The molecular weight excluding hydrogens is 368 g/mol. The fourth-order valence-electron chi connectivity index (χ4n) is 2.74. The van der Waals surface area contributed by atoms with E-state index in [9.17, 15) is 9.59 Å². The first-order valence-corrected chi connectivity index (χ1v) is 9.35. The van der Waals surface area contributed by atoms with E-state index in [1.165, 1.54) is 12.4 Å². The summed E-state index contributed by atoms with van der Waals surface area (Å²) in [4.78, 5) is 34.6. The molecule has 0 aliphatic heterocycles. The topological polar surface area (TPSA) is 84.4 Å². The lowest BCUT2D eigenvalue weighted by molar-refractivity contribution is 0.0526. The molecule has 1 aromatic heterocycles. The van der Waals surface area contributed by atoms with Crippen LogP contribution < -0.4 is 10.2 Å². The minimum absolute atomic E-state index is 0.212. The Balaban J connectivity index is 1.68. The molecule has 0 spiro atoms. The fourth-order valence-corrected chi connectivity index (χ4v) is 2.74. The molecule has 0 bridgehead atoms. The quantitative estimate of drug-likeness (QED) is 0.613. The van der Waals surface area contributed by atoms with Crippen LogP contribution in [0.3, 0.4) is 0 Å². The normalized spacial score (nSPS) is 10.3. The highest BCUT2D eigenvalue weighted by atomic mass is 16.5. The standard InChI is InChI=1S/C22H22N4O3/c1-3-26(18-8-6-5-7-9-18)21(27)19-14-24-20(15-23-19)25-17-12-10-16(11-13-17)22(28)29-4-2/h5-15H,3-4H2,1-2H3,(H,24,25). The third-order valence-electron chi connectivity index (χ3n) is 4.17. The van der Waals surface area contributed by atoms with Gasteiger partial charge in [0.25, 0.3) is 5.91 Å². The summed E-state index contributed by atoms with van der Waals surface area (Å²) in [5.41, 5.74) is 2.29. The van der Waals surface area contributed by atoms with E-state index >= 15 is 0 Å². The van der Waals surface area contributed by atoms with Gasteiger partial charge in [-0.1, -0.05) is 18.2 Å². The molecule has 0 radical (unpaired) electrons. The molecule has 7 nitrogen and oxygen atoms in total. The van der Waals surface area contributed by atoms with Crippen molar-refractivity contribution in [2.75, 3.05) is 23.4 Å². The first-order valence-electron chi connectivity index (χ1n) is 9.35. The van der Waals surface area contributed by atoms with Gasteiger partial charge in [0.15, 0.2) is 0 Å². The van der Waals surface area contributed by atoms with E-state index in [0.717, 1.165) is 11.4 Å². The van der Waals surface area contributed by atoms with Crippen LogP contribution in [-0.4, -0.2) is 35.0 Å². The van der Waals surface area contributed by atoms with Gasteiger partial charge in [-0.3, -0.25) is 4.79 Å². The van der Waals surface area contributed by atoms with Crippen molar-refractivity contribution < 1.29 is 14.3 Å². The smallest absolute Gasteiger partial charge is 0.338 e. The Morgan fingerprint density at radius 3 is 2.28 bits per heavy atom. The number of rotatable bonds is 7. The Labute approximate surface area is 169 Å². The summed E-state index contributed by atoms with van der Waals surface area (Å²) < 4.78 is 4.96. The highest BCUT2D eigenvalue weighted by molar-refractivity contribution is 6.04. The second-order valence-electron chi connectivity index (χ2n) is 6.09. The minimum atomic E-state index is -0.361. The van der Waals surface area contributed by atoms with Gasteiger partial charge in [0.05, 0.1) is 24.6 Å². The van der Waals surface area contributed by atoms with E-state index in [4.69, 9.17) is 4.74 Å². The summed E-state index contributed by atoms with van der Waals surface area (Å²) in [6, 6.07) is 16.3. The summed E-state index contributed by atoms with van der Waals surface area (Å²) in [6.07, 6.45) is 2.95. The lowest BCUT2D eigenvalue weighted by Crippen LogP contribution is -2.31. The summed E-state index contributed by atoms with van der Waals surface area (Å²) in [5, 5.41) is 3.09. The van der Waals surface area contributed by atoms with Crippen LogP contribution in [0.4, 0.5) is 17.2 Å². The van der Waals surface area contributed by atoms with Gasteiger partial charge >= 0.3 is 5.97 Å². The van der Waals surface area contributed by atoms with Crippen LogP contribution in [0, 0.1) is 0 Å². The van der Waals surface area contributed by atoms with Crippen LogP contribution >= 0.6 is 0 Å². The Kier molecular flexibility index (Phi) is 6.52. The zero-order chi connectivity index (χ0) is 20.6. The van der Waals surface area contributed by atoms with Gasteiger partial charge in [-0.25, -0.2) is 14.8 Å². The molecule has 1 amide bonds. The summed E-state index contributed by atoms with van der Waals surface area (Å²) in [6.45, 7) is 4.53. The van der Waals surface area contributed by atoms with Crippen molar-refractivity contribution in [1.29, 1.82) is 0 Å². The minimum Gasteiger partial charge on any atom is -0.462 e. The van der Waals surface area contributed by atoms with Crippen LogP contribution in [0.2, 0.25) is 0 Å². The Morgan fingerprint density at radius 1 is 0.966 bits per heavy atom. The monoisotopic (exact) mass is 390 g/mol. The maximum absolute atomic E-state index is 12.8. The molecule has 3 aromatic rings. The number of nitrogens with one attached hydrogen (secondary N) is 1. The number of amides is 1. The van der Waals surface area contributed by atoms with Crippen molar-refractivity contribution in [3.8, 4) is 0 Å². The Bertz CT molecular complexity index is 958. The zero-order valence-electron chi connectivity index (χ0n) is 16.3. The SMILES string of the molecule is CCOC(=O)c1ccc(Nc2cnc(C(=O)N(CC)c3ccccc3)cn2)cc1. The highest BCUT2D eigenvalue weighted by Gasteiger charge is 2.17. The third kappa shape index (κ3) is 4.95. The number of hydrogen-bond acceptors (Lipinski definition) is 6. The van der Waals surface area contributed by atoms with E-state index in [1.54, 1.807) is 36.1 Å². The fraction of sp³-hybridized carbons (Fsp3) is 0.182. The van der Waals surface area contributed by atoms with E-state index in [0.29, 0.717) is 24.5 Å². The van der Waals surface area contributed by atoms with Crippen molar-refractivity contribution in [3.63, 3.8) is 0 Å². The Morgan fingerprint density at radius 2 is 1.69 bits per heavy atom.